The largest absolute Gasteiger partial charge is 0.492 e. The van der Waals surface area contributed by atoms with Crippen LogP contribution in [-0.2, 0) is 24.4 Å². The van der Waals surface area contributed by atoms with Crippen LogP contribution >= 0.6 is 11.6 Å². The van der Waals surface area contributed by atoms with Crippen molar-refractivity contribution in [2.24, 2.45) is 0 Å². The first kappa shape index (κ1) is 16.9. The lowest BCUT2D eigenvalue weighted by atomic mass is 10.1. The molecular weight excluding hydrogens is 350 g/mol. The van der Waals surface area contributed by atoms with Crippen molar-refractivity contribution < 1.29 is 9.53 Å². The Kier molecular flexibility index (Phi) is 4.80. The molecule has 2 aliphatic rings. The quantitative estimate of drug-likeness (QED) is 0.801. The summed E-state index contributed by atoms with van der Waals surface area (Å²) >= 11 is 6.23. The van der Waals surface area contributed by atoms with Crippen molar-refractivity contribution in [1.82, 2.24) is 14.7 Å². The molecule has 2 heterocycles. The van der Waals surface area contributed by atoms with E-state index in [2.05, 4.69) is 11.2 Å². The van der Waals surface area contributed by atoms with Gasteiger partial charge in [-0.2, -0.15) is 5.10 Å². The lowest BCUT2D eigenvalue weighted by Crippen LogP contribution is -2.39. The fourth-order valence-corrected chi connectivity index (χ4v) is 3.41. The van der Waals surface area contributed by atoms with Crippen LogP contribution in [-0.4, -0.2) is 27.1 Å². The van der Waals surface area contributed by atoms with Crippen LogP contribution < -0.4 is 0 Å². The van der Waals surface area contributed by atoms with Gasteiger partial charge in [0.25, 0.3) is 5.91 Å². The molecule has 1 aromatic carbocycles. The first-order valence-corrected chi connectivity index (χ1v) is 9.16. The number of fused-ring (bicyclic) bond motifs is 1. The number of nitrogens with zero attached hydrogens (tertiary/aromatic N) is 3. The molecule has 6 heteroatoms. The topological polar surface area (TPSA) is 47.4 Å². The van der Waals surface area contributed by atoms with Gasteiger partial charge in [-0.3, -0.25) is 9.48 Å². The second-order valence-corrected chi connectivity index (χ2v) is 6.86. The molecule has 0 saturated carbocycles. The van der Waals surface area contributed by atoms with Crippen molar-refractivity contribution in [2.45, 2.75) is 32.5 Å². The number of carbonyl (C=O) groups excluding carboxylic acids is 1. The molecular formula is C20H20ClN3O2. The summed E-state index contributed by atoms with van der Waals surface area (Å²) in [5.74, 6) is 0.944. The molecule has 1 amide bonds. The van der Waals surface area contributed by atoms with Crippen molar-refractivity contribution >= 4 is 17.5 Å². The first-order chi connectivity index (χ1) is 12.7. The van der Waals surface area contributed by atoms with Gasteiger partial charge >= 0.3 is 0 Å². The molecule has 0 unspecified atom stereocenters. The molecule has 0 fully saturated rings. The number of benzene rings is 1. The van der Waals surface area contributed by atoms with E-state index in [1.165, 1.54) is 0 Å². The average molecular weight is 370 g/mol. The Labute approximate surface area is 157 Å². The summed E-state index contributed by atoms with van der Waals surface area (Å²) in [4.78, 5) is 14.6. The van der Waals surface area contributed by atoms with Crippen LogP contribution in [0.2, 0.25) is 5.02 Å². The van der Waals surface area contributed by atoms with Crippen LogP contribution in [0.4, 0.5) is 0 Å². The Hall–Kier alpha value is -2.53. The Bertz CT molecular complexity index is 885. The van der Waals surface area contributed by atoms with E-state index in [9.17, 15) is 4.79 Å². The number of halogens is 1. The maximum absolute atomic E-state index is 12.8. The molecule has 134 valence electrons. The monoisotopic (exact) mass is 369 g/mol. The summed E-state index contributed by atoms with van der Waals surface area (Å²) in [5.41, 5.74) is 2.35. The van der Waals surface area contributed by atoms with Gasteiger partial charge in [-0.15, -0.1) is 0 Å². The Morgan fingerprint density at radius 2 is 2.12 bits per heavy atom. The van der Waals surface area contributed by atoms with Crippen molar-refractivity contribution in [2.75, 3.05) is 6.54 Å². The SMILES string of the molecule is O=C1c2cc(COC3=CC=CCC3)nn2CCN1Cc1ccccc1Cl. The number of rotatable bonds is 5. The van der Waals surface area contributed by atoms with Gasteiger partial charge in [-0.25, -0.2) is 0 Å². The molecule has 0 spiro atoms. The molecule has 2 aromatic rings. The molecule has 1 aromatic heterocycles. The molecule has 1 aliphatic carbocycles. The van der Waals surface area contributed by atoms with Crippen molar-refractivity contribution in [1.29, 1.82) is 0 Å². The van der Waals surface area contributed by atoms with Crippen LogP contribution in [0.15, 0.2) is 54.3 Å². The molecule has 0 N–H and O–H groups in total. The normalized spacial score (nSPS) is 16.4. The highest BCUT2D eigenvalue weighted by Gasteiger charge is 2.27. The van der Waals surface area contributed by atoms with Gasteiger partial charge < -0.3 is 9.64 Å². The van der Waals surface area contributed by atoms with Crippen LogP contribution in [0.25, 0.3) is 0 Å². The van der Waals surface area contributed by atoms with Gasteiger partial charge in [0.1, 0.15) is 18.0 Å². The standard InChI is InChI=1S/C20H20ClN3O2/c21-18-9-5-4-6-15(18)13-23-10-11-24-19(20(23)25)12-16(22-24)14-26-17-7-2-1-3-8-17/h1-2,4-7,9,12H,3,8,10-11,13-14H2. The van der Waals surface area contributed by atoms with E-state index >= 15 is 0 Å². The zero-order chi connectivity index (χ0) is 17.9. The first-order valence-electron chi connectivity index (χ1n) is 8.78. The summed E-state index contributed by atoms with van der Waals surface area (Å²) in [5, 5.41) is 5.20. The van der Waals surface area contributed by atoms with Crippen LogP contribution in [0.3, 0.4) is 0 Å². The summed E-state index contributed by atoms with van der Waals surface area (Å²) in [6.07, 6.45) is 8.02. The van der Waals surface area contributed by atoms with E-state index in [1.54, 1.807) is 4.68 Å². The maximum Gasteiger partial charge on any atom is 0.272 e. The Morgan fingerprint density at radius 3 is 2.92 bits per heavy atom. The van der Waals surface area contributed by atoms with Crippen molar-refractivity contribution in [3.8, 4) is 0 Å². The number of aromatic nitrogens is 2. The number of allylic oxidation sites excluding steroid dienone is 4. The third kappa shape index (κ3) is 3.53. The molecule has 0 saturated heterocycles. The third-order valence-electron chi connectivity index (χ3n) is 4.62. The number of hydrogen-bond acceptors (Lipinski definition) is 3. The second-order valence-electron chi connectivity index (χ2n) is 6.45. The summed E-state index contributed by atoms with van der Waals surface area (Å²) < 4.78 is 7.59. The van der Waals surface area contributed by atoms with Crippen LogP contribution in [0, 0.1) is 0 Å². The van der Waals surface area contributed by atoms with Gasteiger partial charge in [-0.05, 0) is 30.2 Å². The van der Waals surface area contributed by atoms with Crippen LogP contribution in [0.1, 0.15) is 34.6 Å². The number of amides is 1. The molecule has 26 heavy (non-hydrogen) atoms. The number of carbonyl (C=O) groups is 1. The molecule has 0 radical (unpaired) electrons. The van der Waals surface area contributed by atoms with Gasteiger partial charge in [-0.1, -0.05) is 42.0 Å². The summed E-state index contributed by atoms with van der Waals surface area (Å²) in [6, 6.07) is 9.46. The smallest absolute Gasteiger partial charge is 0.272 e. The van der Waals surface area contributed by atoms with E-state index < -0.39 is 0 Å². The van der Waals surface area contributed by atoms with Crippen molar-refractivity contribution in [3.05, 3.63) is 76.3 Å². The molecule has 0 bridgehead atoms. The Morgan fingerprint density at radius 1 is 1.23 bits per heavy atom. The maximum atomic E-state index is 12.8. The van der Waals surface area contributed by atoms with E-state index in [-0.39, 0.29) is 5.91 Å². The zero-order valence-corrected chi connectivity index (χ0v) is 15.2. The predicted molar refractivity (Wildman–Crippen MR) is 99.7 cm³/mol. The molecule has 5 nitrogen and oxygen atoms in total. The zero-order valence-electron chi connectivity index (χ0n) is 14.4. The summed E-state index contributed by atoms with van der Waals surface area (Å²) in [6.45, 7) is 2.19. The minimum Gasteiger partial charge on any atom is -0.492 e. The molecule has 4 rings (SSSR count). The minimum absolute atomic E-state index is 0.0188. The third-order valence-corrected chi connectivity index (χ3v) is 4.99. The van der Waals surface area contributed by atoms with Crippen LogP contribution in [0.5, 0.6) is 0 Å². The highest BCUT2D eigenvalue weighted by molar-refractivity contribution is 6.31. The number of ether oxygens (including phenoxy) is 1. The Balaban J connectivity index is 1.45. The van der Waals surface area contributed by atoms with Crippen molar-refractivity contribution in [3.63, 3.8) is 0 Å². The van der Waals surface area contributed by atoms with Gasteiger partial charge in [0.05, 0.1) is 12.3 Å². The number of hydrogen-bond donors (Lipinski definition) is 0. The second kappa shape index (κ2) is 7.38. The fraction of sp³-hybridized carbons (Fsp3) is 0.300. The predicted octanol–water partition coefficient (Wildman–Crippen LogP) is 3.94. The fourth-order valence-electron chi connectivity index (χ4n) is 3.21. The lowest BCUT2D eigenvalue weighted by molar-refractivity contribution is 0.0683. The molecule has 0 atom stereocenters. The molecule has 1 aliphatic heterocycles. The van der Waals surface area contributed by atoms with Gasteiger partial charge in [0.2, 0.25) is 0 Å². The minimum atomic E-state index is -0.0188. The average Bonchev–Trinajstić information content (AvgIpc) is 3.09. The lowest BCUT2D eigenvalue weighted by Gasteiger charge is -2.27. The van der Waals surface area contributed by atoms with Gasteiger partial charge in [0.15, 0.2) is 0 Å². The van der Waals surface area contributed by atoms with E-state index in [0.717, 1.165) is 29.9 Å². The highest BCUT2D eigenvalue weighted by Crippen LogP contribution is 2.22. The highest BCUT2D eigenvalue weighted by atomic mass is 35.5. The summed E-state index contributed by atoms with van der Waals surface area (Å²) in [7, 11) is 0. The van der Waals surface area contributed by atoms with E-state index in [1.807, 2.05) is 47.4 Å². The van der Waals surface area contributed by atoms with E-state index in [0.29, 0.717) is 37.0 Å². The van der Waals surface area contributed by atoms with Gasteiger partial charge in [0, 0.05) is 24.5 Å². The van der Waals surface area contributed by atoms with E-state index in [4.69, 9.17) is 16.3 Å².